The van der Waals surface area contributed by atoms with Crippen LogP contribution in [0, 0.1) is 5.82 Å². The molecular weight excluding hydrogens is 598 g/mol. The molecule has 3 aromatic rings. The lowest BCUT2D eigenvalue weighted by molar-refractivity contribution is -0.141. The van der Waals surface area contributed by atoms with E-state index in [4.69, 9.17) is 0 Å². The fraction of sp³-hybridized carbons (Fsp3) is 0.375. The number of sulfonamides is 1. The SMILES string of the molecule is CC[C@@H](C)NC(=O)[C@H](Cc1ccccc1)N(Cc1ccccc1F)C(=O)CCCN(c1cccc(C(F)(F)F)c1)S(C)(=O)=O. The number of nitrogens with zero attached hydrogens (tertiary/aromatic N) is 2. The molecule has 0 radical (unpaired) electrons. The Labute approximate surface area is 255 Å². The van der Waals surface area contributed by atoms with Crippen LogP contribution in [0.15, 0.2) is 78.9 Å². The van der Waals surface area contributed by atoms with E-state index in [0.29, 0.717) is 6.42 Å². The molecule has 0 aliphatic rings. The van der Waals surface area contributed by atoms with Gasteiger partial charge in [-0.05, 0) is 49.6 Å². The molecule has 0 fully saturated rings. The third-order valence-electron chi connectivity index (χ3n) is 7.18. The summed E-state index contributed by atoms with van der Waals surface area (Å²) in [6.07, 6.45) is -3.34. The van der Waals surface area contributed by atoms with E-state index >= 15 is 0 Å². The Morgan fingerprint density at radius 3 is 2.23 bits per heavy atom. The van der Waals surface area contributed by atoms with Gasteiger partial charge < -0.3 is 10.2 Å². The summed E-state index contributed by atoms with van der Waals surface area (Å²) in [7, 11) is -4.01. The molecular formula is C32H37F4N3O4S. The maximum absolute atomic E-state index is 14.8. The van der Waals surface area contributed by atoms with Gasteiger partial charge >= 0.3 is 6.18 Å². The van der Waals surface area contributed by atoms with Crippen LogP contribution in [0.25, 0.3) is 0 Å². The summed E-state index contributed by atoms with van der Waals surface area (Å²) in [5, 5.41) is 2.91. The number of anilines is 1. The van der Waals surface area contributed by atoms with Gasteiger partial charge in [-0.25, -0.2) is 12.8 Å². The molecule has 44 heavy (non-hydrogen) atoms. The molecule has 0 aliphatic carbocycles. The first-order valence-corrected chi connectivity index (χ1v) is 16.1. The van der Waals surface area contributed by atoms with E-state index in [0.717, 1.165) is 34.3 Å². The van der Waals surface area contributed by atoms with Crippen LogP contribution in [-0.2, 0) is 38.8 Å². The van der Waals surface area contributed by atoms with Crippen molar-refractivity contribution in [3.63, 3.8) is 0 Å². The highest BCUT2D eigenvalue weighted by atomic mass is 32.2. The van der Waals surface area contributed by atoms with E-state index in [2.05, 4.69) is 5.32 Å². The number of hydrogen-bond acceptors (Lipinski definition) is 4. The van der Waals surface area contributed by atoms with E-state index in [9.17, 15) is 35.6 Å². The van der Waals surface area contributed by atoms with Crippen LogP contribution < -0.4 is 9.62 Å². The molecule has 0 unspecified atom stereocenters. The van der Waals surface area contributed by atoms with Crippen molar-refractivity contribution in [2.75, 3.05) is 17.1 Å². The summed E-state index contributed by atoms with van der Waals surface area (Å²) in [5.74, 6) is -1.51. The first-order chi connectivity index (χ1) is 20.7. The van der Waals surface area contributed by atoms with Crippen molar-refractivity contribution in [1.82, 2.24) is 10.2 Å². The maximum atomic E-state index is 14.8. The molecule has 3 aromatic carbocycles. The van der Waals surface area contributed by atoms with Crippen LogP contribution in [0.3, 0.4) is 0 Å². The van der Waals surface area contributed by atoms with E-state index in [1.54, 1.807) is 18.2 Å². The zero-order valence-corrected chi connectivity index (χ0v) is 25.7. The molecule has 0 saturated heterocycles. The van der Waals surface area contributed by atoms with Crippen molar-refractivity contribution in [2.45, 2.75) is 64.3 Å². The minimum absolute atomic E-state index is 0.0685. The maximum Gasteiger partial charge on any atom is 0.416 e. The number of carbonyl (C=O) groups excluding carboxylic acids is 2. The lowest BCUT2D eigenvalue weighted by Crippen LogP contribution is -2.52. The van der Waals surface area contributed by atoms with Gasteiger partial charge in [-0.1, -0.05) is 61.5 Å². The second kappa shape index (κ2) is 15.2. The Balaban J connectivity index is 1.91. The number of benzene rings is 3. The van der Waals surface area contributed by atoms with Crippen LogP contribution in [0.1, 0.15) is 49.8 Å². The minimum atomic E-state index is -4.67. The Hall–Kier alpha value is -3.93. The third kappa shape index (κ3) is 9.80. The quantitative estimate of drug-likeness (QED) is 0.222. The van der Waals surface area contributed by atoms with Crippen molar-refractivity contribution < 1.29 is 35.6 Å². The average Bonchev–Trinajstić information content (AvgIpc) is 2.97. The van der Waals surface area contributed by atoms with Gasteiger partial charge in [0, 0.05) is 37.5 Å². The summed E-state index contributed by atoms with van der Waals surface area (Å²) < 4.78 is 80.6. The van der Waals surface area contributed by atoms with Gasteiger partial charge in [0.15, 0.2) is 0 Å². The van der Waals surface area contributed by atoms with E-state index in [1.807, 2.05) is 32.0 Å². The summed E-state index contributed by atoms with van der Waals surface area (Å²) in [6.45, 7) is 3.22. The number of rotatable bonds is 14. The predicted octanol–water partition coefficient (Wildman–Crippen LogP) is 5.95. The summed E-state index contributed by atoms with van der Waals surface area (Å²) in [5.41, 5.74) is -0.229. The van der Waals surface area contributed by atoms with Gasteiger partial charge in [-0.3, -0.25) is 13.9 Å². The summed E-state index contributed by atoms with van der Waals surface area (Å²) >= 11 is 0. The van der Waals surface area contributed by atoms with E-state index in [1.165, 1.54) is 29.2 Å². The van der Waals surface area contributed by atoms with Crippen LogP contribution >= 0.6 is 0 Å². The zero-order valence-electron chi connectivity index (χ0n) is 24.9. The summed E-state index contributed by atoms with van der Waals surface area (Å²) in [6, 6.07) is 17.7. The molecule has 0 saturated carbocycles. The predicted molar refractivity (Wildman–Crippen MR) is 162 cm³/mol. The molecule has 0 heterocycles. The largest absolute Gasteiger partial charge is 0.416 e. The molecule has 238 valence electrons. The minimum Gasteiger partial charge on any atom is -0.352 e. The number of alkyl halides is 3. The second-order valence-electron chi connectivity index (χ2n) is 10.6. The lowest BCUT2D eigenvalue weighted by atomic mass is 10.0. The molecule has 0 spiro atoms. The van der Waals surface area contributed by atoms with Crippen molar-refractivity contribution in [3.05, 3.63) is 101 Å². The topological polar surface area (TPSA) is 86.8 Å². The monoisotopic (exact) mass is 635 g/mol. The number of carbonyl (C=O) groups is 2. The highest BCUT2D eigenvalue weighted by molar-refractivity contribution is 7.92. The molecule has 1 N–H and O–H groups in total. The fourth-order valence-electron chi connectivity index (χ4n) is 4.65. The van der Waals surface area contributed by atoms with Gasteiger partial charge in [-0.15, -0.1) is 0 Å². The van der Waals surface area contributed by atoms with E-state index in [-0.39, 0.29) is 49.6 Å². The van der Waals surface area contributed by atoms with Gasteiger partial charge in [0.05, 0.1) is 17.5 Å². The third-order valence-corrected chi connectivity index (χ3v) is 8.38. The first kappa shape index (κ1) is 34.6. The molecule has 2 atom stereocenters. The number of nitrogens with one attached hydrogen (secondary N) is 1. The Morgan fingerprint density at radius 2 is 1.61 bits per heavy atom. The molecule has 0 bridgehead atoms. The average molecular weight is 636 g/mol. The molecule has 12 heteroatoms. The molecule has 3 rings (SSSR count). The van der Waals surface area contributed by atoms with Crippen LogP contribution in [0.4, 0.5) is 23.2 Å². The second-order valence-corrected chi connectivity index (χ2v) is 12.5. The van der Waals surface area contributed by atoms with Crippen molar-refractivity contribution in [2.24, 2.45) is 0 Å². The normalized spacial score (nSPS) is 13.2. The molecule has 0 aliphatic heterocycles. The van der Waals surface area contributed by atoms with Crippen molar-refractivity contribution >= 4 is 27.5 Å². The Morgan fingerprint density at radius 1 is 0.955 bits per heavy atom. The van der Waals surface area contributed by atoms with Crippen LogP contribution in [0.2, 0.25) is 0 Å². The highest BCUT2D eigenvalue weighted by Crippen LogP contribution is 2.32. The number of amides is 2. The number of hydrogen-bond donors (Lipinski definition) is 1. The standard InChI is InChI=1S/C32H37F4N3O4S/c1-4-23(2)37-31(41)29(20-24-12-6-5-7-13-24)38(22-25-14-8-9-17-28(25)33)30(40)18-11-19-39(44(3,42)43)27-16-10-15-26(21-27)32(34,35)36/h5-10,12-17,21,23,29H,4,11,18-20,22H2,1-3H3,(H,37,41)/t23-,29+/m1/s1. The Bertz CT molecular complexity index is 1520. The fourth-order valence-corrected chi connectivity index (χ4v) is 5.60. The molecule has 0 aromatic heterocycles. The molecule has 2 amide bonds. The van der Waals surface area contributed by atoms with Gasteiger partial charge in [-0.2, -0.15) is 13.2 Å². The van der Waals surface area contributed by atoms with Gasteiger partial charge in [0.1, 0.15) is 11.9 Å². The smallest absolute Gasteiger partial charge is 0.352 e. The Kier molecular flexibility index (Phi) is 11.9. The van der Waals surface area contributed by atoms with Crippen LogP contribution in [0.5, 0.6) is 0 Å². The zero-order chi connectivity index (χ0) is 32.5. The van der Waals surface area contributed by atoms with Crippen LogP contribution in [-0.4, -0.2) is 50.0 Å². The van der Waals surface area contributed by atoms with Gasteiger partial charge in [0.2, 0.25) is 21.8 Å². The first-order valence-electron chi connectivity index (χ1n) is 14.2. The van der Waals surface area contributed by atoms with E-state index < -0.39 is 45.4 Å². The molecule has 7 nitrogen and oxygen atoms in total. The number of halogens is 4. The highest BCUT2D eigenvalue weighted by Gasteiger charge is 2.33. The van der Waals surface area contributed by atoms with Gasteiger partial charge in [0.25, 0.3) is 0 Å². The lowest BCUT2D eigenvalue weighted by Gasteiger charge is -2.33. The van der Waals surface area contributed by atoms with Crippen molar-refractivity contribution in [3.8, 4) is 0 Å². The van der Waals surface area contributed by atoms with Crippen molar-refractivity contribution in [1.29, 1.82) is 0 Å². The summed E-state index contributed by atoms with van der Waals surface area (Å²) in [4.78, 5) is 28.7.